The summed E-state index contributed by atoms with van der Waals surface area (Å²) in [5.74, 6) is 6.49. The highest BCUT2D eigenvalue weighted by Gasteiger charge is 2.10. The highest BCUT2D eigenvalue weighted by Crippen LogP contribution is 2.25. The Morgan fingerprint density at radius 3 is 2.50 bits per heavy atom. The fourth-order valence-electron chi connectivity index (χ4n) is 1.58. The van der Waals surface area contributed by atoms with Crippen molar-refractivity contribution in [3.63, 3.8) is 0 Å². The predicted octanol–water partition coefficient (Wildman–Crippen LogP) is 4.80. The molecule has 0 aliphatic rings. The average molecular weight is 329 g/mol. The van der Waals surface area contributed by atoms with Gasteiger partial charge in [0, 0.05) is 27.4 Å². The zero-order chi connectivity index (χ0) is 13.8. The standard InChI is InChI=1S/C15H19BrClN/c1-15(2,3)7-5-6-14(18-4)11-8-12(16)10-13(17)9-11/h8-10,14,18H,6H2,1-4H3. The molecule has 1 rings (SSSR count). The molecule has 0 spiro atoms. The van der Waals surface area contributed by atoms with Crippen LogP contribution in [0.5, 0.6) is 0 Å². The molecule has 1 aromatic rings. The highest BCUT2D eigenvalue weighted by atomic mass is 79.9. The number of halogens is 2. The Morgan fingerprint density at radius 2 is 2.00 bits per heavy atom. The van der Waals surface area contributed by atoms with Gasteiger partial charge in [0.05, 0.1) is 0 Å². The first-order valence-corrected chi connectivity index (χ1v) is 7.12. The Morgan fingerprint density at radius 1 is 1.33 bits per heavy atom. The van der Waals surface area contributed by atoms with Crippen molar-refractivity contribution in [3.05, 3.63) is 33.3 Å². The Balaban J connectivity index is 2.86. The lowest BCUT2D eigenvalue weighted by atomic mass is 9.97. The number of hydrogen-bond donors (Lipinski definition) is 1. The second kappa shape index (κ2) is 6.61. The Hall–Kier alpha value is -0.490. The molecule has 1 unspecified atom stereocenters. The van der Waals surface area contributed by atoms with Crippen molar-refractivity contribution in [1.29, 1.82) is 0 Å². The van der Waals surface area contributed by atoms with Crippen LogP contribution in [0.25, 0.3) is 0 Å². The van der Waals surface area contributed by atoms with Crippen molar-refractivity contribution in [1.82, 2.24) is 5.32 Å². The van der Waals surface area contributed by atoms with Gasteiger partial charge in [-0.3, -0.25) is 0 Å². The molecule has 0 fully saturated rings. The van der Waals surface area contributed by atoms with Crippen molar-refractivity contribution < 1.29 is 0 Å². The van der Waals surface area contributed by atoms with Gasteiger partial charge in [0.1, 0.15) is 0 Å². The van der Waals surface area contributed by atoms with Gasteiger partial charge in [-0.15, -0.1) is 5.92 Å². The van der Waals surface area contributed by atoms with Crippen LogP contribution >= 0.6 is 27.5 Å². The molecule has 0 bridgehead atoms. The third-order valence-corrected chi connectivity index (χ3v) is 3.08. The minimum Gasteiger partial charge on any atom is -0.312 e. The number of nitrogens with one attached hydrogen (secondary N) is 1. The van der Waals surface area contributed by atoms with Crippen LogP contribution in [0.2, 0.25) is 5.02 Å². The third-order valence-electron chi connectivity index (χ3n) is 2.41. The van der Waals surface area contributed by atoms with E-state index in [2.05, 4.69) is 59.9 Å². The minimum absolute atomic E-state index is 0.0488. The van der Waals surface area contributed by atoms with Gasteiger partial charge in [0.2, 0.25) is 0 Å². The molecular weight excluding hydrogens is 310 g/mol. The lowest BCUT2D eigenvalue weighted by Crippen LogP contribution is -2.16. The molecule has 0 amide bonds. The van der Waals surface area contributed by atoms with Gasteiger partial charge >= 0.3 is 0 Å². The molecule has 98 valence electrons. The summed E-state index contributed by atoms with van der Waals surface area (Å²) in [7, 11) is 1.94. The van der Waals surface area contributed by atoms with Gasteiger partial charge < -0.3 is 5.32 Å². The molecule has 1 nitrogen and oxygen atoms in total. The van der Waals surface area contributed by atoms with Crippen molar-refractivity contribution in [2.24, 2.45) is 5.41 Å². The van der Waals surface area contributed by atoms with E-state index in [-0.39, 0.29) is 11.5 Å². The number of hydrogen-bond acceptors (Lipinski definition) is 1. The molecule has 0 saturated heterocycles. The molecular formula is C15H19BrClN. The summed E-state index contributed by atoms with van der Waals surface area (Å²) in [4.78, 5) is 0. The number of rotatable bonds is 3. The molecule has 1 atom stereocenters. The Kier molecular flexibility index (Phi) is 5.72. The fourth-order valence-corrected chi connectivity index (χ4v) is 2.47. The van der Waals surface area contributed by atoms with Crippen LogP contribution in [-0.4, -0.2) is 7.05 Å². The van der Waals surface area contributed by atoms with Gasteiger partial charge in [-0.1, -0.05) is 33.5 Å². The normalized spacial score (nSPS) is 12.8. The first kappa shape index (κ1) is 15.6. The van der Waals surface area contributed by atoms with Crippen molar-refractivity contribution in [2.75, 3.05) is 7.05 Å². The van der Waals surface area contributed by atoms with Gasteiger partial charge in [0.15, 0.2) is 0 Å². The first-order chi connectivity index (χ1) is 8.31. The second-order valence-electron chi connectivity index (χ2n) is 5.30. The molecule has 0 aliphatic carbocycles. The van der Waals surface area contributed by atoms with Crippen molar-refractivity contribution in [3.8, 4) is 11.8 Å². The van der Waals surface area contributed by atoms with Gasteiger partial charge in [-0.25, -0.2) is 0 Å². The summed E-state index contributed by atoms with van der Waals surface area (Å²) in [6.07, 6.45) is 0.778. The smallest absolute Gasteiger partial charge is 0.0429 e. The van der Waals surface area contributed by atoms with Gasteiger partial charge in [0.25, 0.3) is 0 Å². The molecule has 0 saturated carbocycles. The lowest BCUT2D eigenvalue weighted by Gasteiger charge is -2.15. The van der Waals surface area contributed by atoms with Crippen LogP contribution in [0.15, 0.2) is 22.7 Å². The molecule has 3 heteroatoms. The summed E-state index contributed by atoms with van der Waals surface area (Å²) < 4.78 is 0.994. The van der Waals surface area contributed by atoms with Crippen LogP contribution < -0.4 is 5.32 Å². The van der Waals surface area contributed by atoms with E-state index in [4.69, 9.17) is 11.6 Å². The maximum atomic E-state index is 6.06. The van der Waals surface area contributed by atoms with E-state index in [0.29, 0.717) is 0 Å². The molecule has 1 N–H and O–H groups in total. The first-order valence-electron chi connectivity index (χ1n) is 5.95. The van der Waals surface area contributed by atoms with E-state index in [1.165, 1.54) is 0 Å². The molecule has 0 aromatic heterocycles. The molecule has 1 aromatic carbocycles. The molecule has 0 heterocycles. The summed E-state index contributed by atoms with van der Waals surface area (Å²) in [5, 5.41) is 4.02. The highest BCUT2D eigenvalue weighted by molar-refractivity contribution is 9.10. The second-order valence-corrected chi connectivity index (χ2v) is 6.65. The van der Waals surface area contributed by atoms with E-state index in [9.17, 15) is 0 Å². The largest absolute Gasteiger partial charge is 0.312 e. The van der Waals surface area contributed by atoms with Crippen LogP contribution in [0.1, 0.15) is 38.8 Å². The van der Waals surface area contributed by atoms with E-state index >= 15 is 0 Å². The summed E-state index contributed by atoms with van der Waals surface area (Å²) in [6.45, 7) is 6.35. The quantitative estimate of drug-likeness (QED) is 0.786. The summed E-state index contributed by atoms with van der Waals surface area (Å²) in [6, 6.07) is 6.14. The van der Waals surface area contributed by atoms with Crippen molar-refractivity contribution in [2.45, 2.75) is 33.2 Å². The fraction of sp³-hybridized carbons (Fsp3) is 0.467. The zero-order valence-corrected chi connectivity index (χ0v) is 13.6. The van der Waals surface area contributed by atoms with Crippen LogP contribution in [-0.2, 0) is 0 Å². The maximum Gasteiger partial charge on any atom is 0.0429 e. The maximum absolute atomic E-state index is 6.06. The average Bonchev–Trinajstić information content (AvgIpc) is 2.21. The van der Waals surface area contributed by atoms with Crippen LogP contribution in [0.3, 0.4) is 0 Å². The van der Waals surface area contributed by atoms with E-state index < -0.39 is 0 Å². The summed E-state index contributed by atoms with van der Waals surface area (Å²) >= 11 is 9.53. The minimum atomic E-state index is 0.0488. The SMILES string of the molecule is CNC(CC#CC(C)(C)C)c1cc(Cl)cc(Br)c1. The van der Waals surface area contributed by atoms with Crippen molar-refractivity contribution >= 4 is 27.5 Å². The van der Waals surface area contributed by atoms with E-state index in [1.807, 2.05) is 19.2 Å². The molecule has 18 heavy (non-hydrogen) atoms. The van der Waals surface area contributed by atoms with Gasteiger partial charge in [-0.05, 0) is 51.6 Å². The number of benzene rings is 1. The van der Waals surface area contributed by atoms with Crippen LogP contribution in [0.4, 0.5) is 0 Å². The molecule has 0 aliphatic heterocycles. The Bertz CT molecular complexity index is 445. The zero-order valence-electron chi connectivity index (χ0n) is 11.3. The predicted molar refractivity (Wildman–Crippen MR) is 82.8 cm³/mol. The molecule has 0 radical (unpaired) electrons. The van der Waals surface area contributed by atoms with E-state index in [0.717, 1.165) is 21.5 Å². The Labute approximate surface area is 123 Å². The van der Waals surface area contributed by atoms with Gasteiger partial charge in [-0.2, -0.15) is 0 Å². The monoisotopic (exact) mass is 327 g/mol. The third kappa shape index (κ3) is 5.44. The van der Waals surface area contributed by atoms with E-state index in [1.54, 1.807) is 0 Å². The van der Waals surface area contributed by atoms with Crippen LogP contribution in [0, 0.1) is 17.3 Å². The lowest BCUT2D eigenvalue weighted by molar-refractivity contribution is 0.566. The summed E-state index contributed by atoms with van der Waals surface area (Å²) in [5.41, 5.74) is 1.20. The topological polar surface area (TPSA) is 12.0 Å².